The van der Waals surface area contributed by atoms with E-state index in [-0.39, 0.29) is 5.75 Å². The lowest BCUT2D eigenvalue weighted by atomic mass is 10.00. The molecule has 4 rings (SSSR count). The summed E-state index contributed by atoms with van der Waals surface area (Å²) in [7, 11) is 6.27. The van der Waals surface area contributed by atoms with E-state index in [1.807, 2.05) is 41.1 Å². The van der Waals surface area contributed by atoms with E-state index >= 15 is 0 Å². The molecule has 4 aromatic rings. The van der Waals surface area contributed by atoms with Gasteiger partial charge in [0, 0.05) is 11.1 Å². The van der Waals surface area contributed by atoms with Crippen molar-refractivity contribution in [2.24, 2.45) is 0 Å². The molecule has 0 unspecified atom stereocenters. The van der Waals surface area contributed by atoms with E-state index in [2.05, 4.69) is 17.2 Å². The second-order valence-corrected chi connectivity index (χ2v) is 7.35. The number of aromatic nitrogens is 2. The van der Waals surface area contributed by atoms with E-state index in [0.29, 0.717) is 29.5 Å². The highest BCUT2D eigenvalue weighted by Crippen LogP contribution is 2.44. The summed E-state index contributed by atoms with van der Waals surface area (Å²) in [5, 5.41) is 15.1. The summed E-state index contributed by atoms with van der Waals surface area (Å²) in [5.41, 5.74) is 4.44. The Labute approximate surface area is 192 Å². The molecule has 170 valence electrons. The minimum absolute atomic E-state index is 0.0571. The zero-order chi connectivity index (χ0) is 23.4. The first kappa shape index (κ1) is 22.1. The quantitative estimate of drug-likeness (QED) is 0.410. The Morgan fingerprint density at radius 3 is 2.00 bits per heavy atom. The third-order valence-electron chi connectivity index (χ3n) is 5.44. The lowest BCUT2D eigenvalue weighted by Crippen LogP contribution is -2.05. The van der Waals surface area contributed by atoms with Crippen molar-refractivity contribution in [3.8, 4) is 51.1 Å². The minimum atomic E-state index is 0.0571. The third kappa shape index (κ3) is 4.30. The van der Waals surface area contributed by atoms with Gasteiger partial charge in [-0.15, -0.1) is 0 Å². The van der Waals surface area contributed by atoms with Crippen molar-refractivity contribution in [1.29, 1.82) is 0 Å². The van der Waals surface area contributed by atoms with E-state index in [4.69, 9.17) is 18.9 Å². The topological polar surface area (TPSA) is 75.0 Å². The fourth-order valence-electron chi connectivity index (χ4n) is 3.85. The maximum absolute atomic E-state index is 10.4. The van der Waals surface area contributed by atoms with Gasteiger partial charge in [-0.1, -0.05) is 36.4 Å². The summed E-state index contributed by atoms with van der Waals surface area (Å²) in [6, 6.07) is 19.2. The number of nitrogens with zero attached hydrogens (tertiary/aromatic N) is 2. The van der Waals surface area contributed by atoms with E-state index in [0.717, 1.165) is 27.9 Å². The molecule has 0 radical (unpaired) electrons. The first-order valence-electron chi connectivity index (χ1n) is 10.4. The molecule has 0 spiro atoms. The molecule has 0 saturated carbocycles. The maximum Gasteiger partial charge on any atom is 0.203 e. The zero-order valence-corrected chi connectivity index (χ0v) is 19.0. The van der Waals surface area contributed by atoms with Crippen LogP contribution in [0.25, 0.3) is 22.4 Å². The SMILES string of the molecule is COc1ccc(-c2cnn(Cc3ccccc3)c2-c2cc(OC)c(OC)c(OC)c2)cc1O. The number of ether oxygens (including phenoxy) is 4. The van der Waals surface area contributed by atoms with Gasteiger partial charge in [-0.05, 0) is 35.4 Å². The number of phenols is 1. The summed E-state index contributed by atoms with van der Waals surface area (Å²) in [6.07, 6.45) is 1.79. The van der Waals surface area contributed by atoms with Crippen molar-refractivity contribution < 1.29 is 24.1 Å². The van der Waals surface area contributed by atoms with Crippen LogP contribution in [-0.2, 0) is 6.54 Å². The van der Waals surface area contributed by atoms with Crippen LogP contribution >= 0.6 is 0 Å². The number of aromatic hydroxyl groups is 1. The Morgan fingerprint density at radius 1 is 0.758 bits per heavy atom. The van der Waals surface area contributed by atoms with Gasteiger partial charge >= 0.3 is 0 Å². The molecule has 0 aliphatic heterocycles. The number of methoxy groups -OCH3 is 4. The molecule has 0 amide bonds. The molecule has 0 fully saturated rings. The predicted molar refractivity (Wildman–Crippen MR) is 127 cm³/mol. The molecule has 7 nitrogen and oxygen atoms in total. The van der Waals surface area contributed by atoms with Crippen molar-refractivity contribution >= 4 is 0 Å². The van der Waals surface area contributed by atoms with Gasteiger partial charge in [-0.25, -0.2) is 0 Å². The van der Waals surface area contributed by atoms with Crippen LogP contribution in [0, 0.1) is 0 Å². The van der Waals surface area contributed by atoms with E-state index in [1.54, 1.807) is 39.7 Å². The van der Waals surface area contributed by atoms with Crippen molar-refractivity contribution in [3.05, 3.63) is 72.4 Å². The molecule has 0 aliphatic carbocycles. The number of benzene rings is 3. The first-order chi connectivity index (χ1) is 16.1. The molecule has 7 heteroatoms. The van der Waals surface area contributed by atoms with Crippen molar-refractivity contribution in [2.75, 3.05) is 28.4 Å². The Balaban J connectivity index is 1.93. The molecule has 33 heavy (non-hydrogen) atoms. The van der Waals surface area contributed by atoms with Gasteiger partial charge in [0.05, 0.1) is 46.9 Å². The lowest BCUT2D eigenvalue weighted by molar-refractivity contribution is 0.324. The van der Waals surface area contributed by atoms with Crippen LogP contribution in [0.4, 0.5) is 0 Å². The molecular formula is C26H26N2O5. The van der Waals surface area contributed by atoms with Crippen LogP contribution in [-0.4, -0.2) is 43.3 Å². The average molecular weight is 447 g/mol. The van der Waals surface area contributed by atoms with Crippen LogP contribution < -0.4 is 18.9 Å². The Morgan fingerprint density at radius 2 is 1.42 bits per heavy atom. The smallest absolute Gasteiger partial charge is 0.203 e. The normalized spacial score (nSPS) is 10.7. The van der Waals surface area contributed by atoms with Crippen LogP contribution in [0.1, 0.15) is 5.56 Å². The minimum Gasteiger partial charge on any atom is -0.504 e. The van der Waals surface area contributed by atoms with Gasteiger partial charge in [-0.3, -0.25) is 4.68 Å². The fourth-order valence-corrected chi connectivity index (χ4v) is 3.85. The third-order valence-corrected chi connectivity index (χ3v) is 5.44. The molecule has 1 aromatic heterocycles. The van der Waals surface area contributed by atoms with Gasteiger partial charge in [0.2, 0.25) is 5.75 Å². The Bertz CT molecular complexity index is 1230. The summed E-state index contributed by atoms with van der Waals surface area (Å²) < 4.78 is 23.8. The largest absolute Gasteiger partial charge is 0.504 e. The van der Waals surface area contributed by atoms with Gasteiger partial charge in [-0.2, -0.15) is 5.10 Å². The zero-order valence-electron chi connectivity index (χ0n) is 19.0. The van der Waals surface area contributed by atoms with Crippen molar-refractivity contribution in [1.82, 2.24) is 9.78 Å². The number of rotatable bonds is 8. The number of hydrogen-bond acceptors (Lipinski definition) is 6. The van der Waals surface area contributed by atoms with Gasteiger partial charge < -0.3 is 24.1 Å². The lowest BCUT2D eigenvalue weighted by Gasteiger charge is -2.16. The summed E-state index contributed by atoms with van der Waals surface area (Å²) >= 11 is 0. The number of phenolic OH excluding ortho intramolecular Hbond substituents is 1. The van der Waals surface area contributed by atoms with Crippen LogP contribution in [0.15, 0.2) is 66.9 Å². The number of hydrogen-bond donors (Lipinski definition) is 1. The Hall–Kier alpha value is -4.13. The molecule has 0 aliphatic rings. The van der Waals surface area contributed by atoms with Crippen LogP contribution in [0.3, 0.4) is 0 Å². The van der Waals surface area contributed by atoms with Crippen LogP contribution in [0.5, 0.6) is 28.7 Å². The average Bonchev–Trinajstić information content (AvgIpc) is 3.26. The molecule has 1 N–H and O–H groups in total. The highest BCUT2D eigenvalue weighted by Gasteiger charge is 2.21. The molecule has 1 heterocycles. The van der Waals surface area contributed by atoms with Gasteiger partial charge in [0.25, 0.3) is 0 Å². The predicted octanol–water partition coefficient (Wildman–Crippen LogP) is 5.01. The van der Waals surface area contributed by atoms with E-state index in [1.165, 1.54) is 7.11 Å². The summed E-state index contributed by atoms with van der Waals surface area (Å²) in [4.78, 5) is 0. The molecule has 3 aromatic carbocycles. The second-order valence-electron chi connectivity index (χ2n) is 7.35. The Kier molecular flexibility index (Phi) is 6.40. The first-order valence-corrected chi connectivity index (χ1v) is 10.4. The van der Waals surface area contributed by atoms with E-state index < -0.39 is 0 Å². The van der Waals surface area contributed by atoms with Gasteiger partial charge in [0.1, 0.15) is 0 Å². The molecule has 0 saturated heterocycles. The van der Waals surface area contributed by atoms with Gasteiger partial charge in [0.15, 0.2) is 23.0 Å². The van der Waals surface area contributed by atoms with E-state index in [9.17, 15) is 5.11 Å². The van der Waals surface area contributed by atoms with Crippen LogP contribution in [0.2, 0.25) is 0 Å². The van der Waals surface area contributed by atoms with Crippen molar-refractivity contribution in [3.63, 3.8) is 0 Å². The highest BCUT2D eigenvalue weighted by atomic mass is 16.5. The maximum atomic E-state index is 10.4. The molecule has 0 atom stereocenters. The van der Waals surface area contributed by atoms with Crippen molar-refractivity contribution in [2.45, 2.75) is 6.54 Å². The summed E-state index contributed by atoms with van der Waals surface area (Å²) in [5.74, 6) is 2.07. The second kappa shape index (κ2) is 9.56. The molecule has 0 bridgehead atoms. The molecular weight excluding hydrogens is 420 g/mol. The highest BCUT2D eigenvalue weighted by molar-refractivity contribution is 5.83. The standard InChI is InChI=1S/C26H26N2O5/c1-30-22-11-10-18(12-21(22)29)20-15-27-28(16-17-8-6-5-7-9-17)25(20)19-13-23(31-2)26(33-4)24(14-19)32-3/h5-15,29H,16H2,1-4H3. The fraction of sp³-hybridized carbons (Fsp3) is 0.192. The monoisotopic (exact) mass is 446 g/mol. The summed E-state index contributed by atoms with van der Waals surface area (Å²) in [6.45, 7) is 0.564.